The molecule has 0 saturated heterocycles. The van der Waals surface area contributed by atoms with Crippen molar-refractivity contribution in [2.75, 3.05) is 0 Å². The first-order chi connectivity index (χ1) is 9.27. The molecule has 1 aromatic rings. The predicted octanol–water partition coefficient (Wildman–Crippen LogP) is 2.70. The summed E-state index contributed by atoms with van der Waals surface area (Å²) in [6.07, 6.45) is -3.70. The Bertz CT molecular complexity index is 460. The summed E-state index contributed by atoms with van der Waals surface area (Å²) in [6.45, 7) is 3.54. The van der Waals surface area contributed by atoms with Crippen LogP contribution in [0.25, 0.3) is 0 Å². The van der Waals surface area contributed by atoms with Crippen molar-refractivity contribution in [3.05, 3.63) is 35.4 Å². The van der Waals surface area contributed by atoms with E-state index in [2.05, 4.69) is 5.32 Å². The molecule has 0 radical (unpaired) electrons. The summed E-state index contributed by atoms with van der Waals surface area (Å²) in [7, 11) is 0. The van der Waals surface area contributed by atoms with Gasteiger partial charge < -0.3 is 11.1 Å². The molecular formula is C14H19F3N2O. The van der Waals surface area contributed by atoms with E-state index in [-0.39, 0.29) is 18.0 Å². The second kappa shape index (κ2) is 6.74. The van der Waals surface area contributed by atoms with Crippen molar-refractivity contribution in [1.82, 2.24) is 5.32 Å². The van der Waals surface area contributed by atoms with Crippen molar-refractivity contribution < 1.29 is 18.0 Å². The molecule has 0 aliphatic rings. The molecule has 3 N–H and O–H groups in total. The number of hydrogen-bond donors (Lipinski definition) is 2. The van der Waals surface area contributed by atoms with Gasteiger partial charge >= 0.3 is 6.18 Å². The van der Waals surface area contributed by atoms with E-state index in [1.54, 1.807) is 0 Å². The Morgan fingerprint density at radius 1 is 1.35 bits per heavy atom. The smallest absolute Gasteiger partial charge is 0.351 e. The standard InChI is InChI=1S/C14H19F3N2O/c1-3-9(2)12(18)13(20)19-8-10-6-4-5-7-11(10)14(15,16)17/h4-7,9,12H,3,8,18H2,1-2H3,(H,19,20)/t9-,12-/m0/s1. The lowest BCUT2D eigenvalue weighted by molar-refractivity contribution is -0.138. The molecule has 0 bridgehead atoms. The Labute approximate surface area is 116 Å². The van der Waals surface area contributed by atoms with Gasteiger partial charge in [-0.2, -0.15) is 13.2 Å². The van der Waals surface area contributed by atoms with E-state index >= 15 is 0 Å². The van der Waals surface area contributed by atoms with Gasteiger partial charge in [0.05, 0.1) is 11.6 Å². The van der Waals surface area contributed by atoms with Crippen molar-refractivity contribution in [3.8, 4) is 0 Å². The molecule has 1 rings (SSSR count). The van der Waals surface area contributed by atoms with Crippen LogP contribution in [0.15, 0.2) is 24.3 Å². The number of benzene rings is 1. The van der Waals surface area contributed by atoms with Crippen molar-refractivity contribution in [3.63, 3.8) is 0 Å². The van der Waals surface area contributed by atoms with Gasteiger partial charge in [0.1, 0.15) is 0 Å². The number of hydrogen-bond acceptors (Lipinski definition) is 2. The lowest BCUT2D eigenvalue weighted by atomic mass is 9.99. The lowest BCUT2D eigenvalue weighted by Gasteiger charge is -2.19. The Balaban J connectivity index is 2.74. The number of carbonyl (C=O) groups is 1. The van der Waals surface area contributed by atoms with Gasteiger partial charge in [-0.1, -0.05) is 38.5 Å². The second-order valence-corrected chi connectivity index (χ2v) is 4.78. The monoisotopic (exact) mass is 288 g/mol. The molecule has 0 unspecified atom stereocenters. The number of nitrogens with one attached hydrogen (secondary N) is 1. The molecule has 0 saturated carbocycles. The van der Waals surface area contributed by atoms with Crippen LogP contribution in [0.3, 0.4) is 0 Å². The van der Waals surface area contributed by atoms with Crippen molar-refractivity contribution in [2.45, 2.75) is 39.0 Å². The van der Waals surface area contributed by atoms with Crippen LogP contribution < -0.4 is 11.1 Å². The molecule has 0 spiro atoms. The second-order valence-electron chi connectivity index (χ2n) is 4.78. The topological polar surface area (TPSA) is 55.1 Å². The fourth-order valence-corrected chi connectivity index (χ4v) is 1.76. The van der Waals surface area contributed by atoms with E-state index in [9.17, 15) is 18.0 Å². The molecule has 0 aliphatic carbocycles. The van der Waals surface area contributed by atoms with Crippen LogP contribution in [0.5, 0.6) is 0 Å². The minimum absolute atomic E-state index is 0.0205. The van der Waals surface area contributed by atoms with Crippen LogP contribution in [0.1, 0.15) is 31.4 Å². The molecule has 1 amide bonds. The first kappa shape index (κ1) is 16.5. The summed E-state index contributed by atoms with van der Waals surface area (Å²) < 4.78 is 38.3. The first-order valence-corrected chi connectivity index (χ1v) is 6.45. The zero-order chi connectivity index (χ0) is 15.3. The normalized spacial score (nSPS) is 14.7. The van der Waals surface area contributed by atoms with Crippen LogP contribution in [0, 0.1) is 5.92 Å². The van der Waals surface area contributed by atoms with Gasteiger partial charge in [-0.25, -0.2) is 0 Å². The van der Waals surface area contributed by atoms with Gasteiger partial charge in [-0.3, -0.25) is 4.79 Å². The quantitative estimate of drug-likeness (QED) is 0.875. The minimum atomic E-state index is -4.43. The largest absolute Gasteiger partial charge is 0.416 e. The van der Waals surface area contributed by atoms with Crippen LogP contribution >= 0.6 is 0 Å². The Kier molecular flexibility index (Phi) is 5.56. The highest BCUT2D eigenvalue weighted by Gasteiger charge is 2.33. The molecular weight excluding hydrogens is 269 g/mol. The van der Waals surface area contributed by atoms with Gasteiger partial charge in [0, 0.05) is 6.54 Å². The molecule has 2 atom stereocenters. The summed E-state index contributed by atoms with van der Waals surface area (Å²) >= 11 is 0. The number of nitrogens with two attached hydrogens (primary N) is 1. The molecule has 0 aliphatic heterocycles. The highest BCUT2D eigenvalue weighted by atomic mass is 19.4. The Hall–Kier alpha value is -1.56. The molecule has 0 heterocycles. The predicted molar refractivity (Wildman–Crippen MR) is 70.7 cm³/mol. The average molecular weight is 288 g/mol. The zero-order valence-electron chi connectivity index (χ0n) is 11.5. The summed E-state index contributed by atoms with van der Waals surface area (Å²) in [5, 5.41) is 2.46. The van der Waals surface area contributed by atoms with Crippen LogP contribution in [-0.2, 0) is 17.5 Å². The van der Waals surface area contributed by atoms with Gasteiger partial charge in [0.15, 0.2) is 0 Å². The Morgan fingerprint density at radius 2 is 1.95 bits per heavy atom. The maximum absolute atomic E-state index is 12.8. The van der Waals surface area contributed by atoms with Crippen molar-refractivity contribution in [1.29, 1.82) is 0 Å². The molecule has 0 fully saturated rings. The molecule has 112 valence electrons. The van der Waals surface area contributed by atoms with Gasteiger partial charge in [-0.15, -0.1) is 0 Å². The number of carbonyl (C=O) groups excluding carboxylic acids is 1. The number of halogens is 3. The highest BCUT2D eigenvalue weighted by Crippen LogP contribution is 2.31. The van der Waals surface area contributed by atoms with Crippen LogP contribution in [0.2, 0.25) is 0 Å². The SMILES string of the molecule is CC[C@H](C)[C@H](N)C(=O)NCc1ccccc1C(F)(F)F. The van der Waals surface area contributed by atoms with Gasteiger partial charge in [0.2, 0.25) is 5.91 Å². The maximum Gasteiger partial charge on any atom is 0.416 e. The van der Waals surface area contributed by atoms with Crippen LogP contribution in [-0.4, -0.2) is 11.9 Å². The third kappa shape index (κ3) is 4.23. The van der Waals surface area contributed by atoms with Crippen molar-refractivity contribution >= 4 is 5.91 Å². The molecule has 3 nitrogen and oxygen atoms in total. The first-order valence-electron chi connectivity index (χ1n) is 6.45. The van der Waals surface area contributed by atoms with Gasteiger partial charge in [0.25, 0.3) is 0 Å². The van der Waals surface area contributed by atoms with Crippen molar-refractivity contribution in [2.24, 2.45) is 11.7 Å². The molecule has 1 aromatic carbocycles. The van der Waals surface area contributed by atoms with E-state index in [0.717, 1.165) is 12.5 Å². The fourth-order valence-electron chi connectivity index (χ4n) is 1.76. The third-order valence-electron chi connectivity index (χ3n) is 3.34. The summed E-state index contributed by atoms with van der Waals surface area (Å²) in [4.78, 5) is 11.8. The van der Waals surface area contributed by atoms with E-state index in [4.69, 9.17) is 5.73 Å². The van der Waals surface area contributed by atoms with Crippen LogP contribution in [0.4, 0.5) is 13.2 Å². The lowest BCUT2D eigenvalue weighted by Crippen LogP contribution is -2.44. The van der Waals surface area contributed by atoms with Gasteiger partial charge in [-0.05, 0) is 17.5 Å². The summed E-state index contributed by atoms with van der Waals surface area (Å²) in [5.74, 6) is -0.454. The summed E-state index contributed by atoms with van der Waals surface area (Å²) in [6, 6.07) is 4.45. The molecule has 0 aromatic heterocycles. The number of alkyl halides is 3. The maximum atomic E-state index is 12.8. The van der Waals surface area contributed by atoms with E-state index in [1.807, 2.05) is 13.8 Å². The summed E-state index contributed by atoms with van der Waals surface area (Å²) in [5.41, 5.74) is 5.02. The molecule has 20 heavy (non-hydrogen) atoms. The minimum Gasteiger partial charge on any atom is -0.351 e. The average Bonchev–Trinajstić information content (AvgIpc) is 2.42. The zero-order valence-corrected chi connectivity index (χ0v) is 11.5. The highest BCUT2D eigenvalue weighted by molar-refractivity contribution is 5.81. The van der Waals surface area contributed by atoms with E-state index < -0.39 is 23.7 Å². The fraction of sp³-hybridized carbons (Fsp3) is 0.500. The number of amides is 1. The Morgan fingerprint density at radius 3 is 2.50 bits per heavy atom. The third-order valence-corrected chi connectivity index (χ3v) is 3.34. The number of rotatable bonds is 5. The molecule has 6 heteroatoms. The van der Waals surface area contributed by atoms with E-state index in [1.165, 1.54) is 18.2 Å². The van der Waals surface area contributed by atoms with E-state index in [0.29, 0.717) is 0 Å².